The van der Waals surface area contributed by atoms with Crippen molar-refractivity contribution in [3.8, 4) is 11.5 Å². The number of hydrogen-bond acceptors (Lipinski definition) is 4. The van der Waals surface area contributed by atoms with Crippen LogP contribution in [-0.2, 0) is 22.9 Å². The lowest BCUT2D eigenvalue weighted by Gasteiger charge is -2.10. The highest BCUT2D eigenvalue weighted by Gasteiger charge is 2.18. The summed E-state index contributed by atoms with van der Waals surface area (Å²) >= 11 is 0. The quantitative estimate of drug-likeness (QED) is 0.782. The highest BCUT2D eigenvalue weighted by atomic mass is 32.2. The minimum absolute atomic E-state index is 0.214. The van der Waals surface area contributed by atoms with Crippen LogP contribution in [0.5, 0.6) is 11.5 Å². The Hall–Kier alpha value is -2.05. The summed E-state index contributed by atoms with van der Waals surface area (Å²) in [6.07, 6.45) is 3.10. The third-order valence-electron chi connectivity index (χ3n) is 4.10. The minimum Gasteiger partial charge on any atom is -0.497 e. The molecular weight excluding hydrogens is 326 g/mol. The lowest BCUT2D eigenvalue weighted by molar-refractivity contribution is 0.322. The van der Waals surface area contributed by atoms with Crippen molar-refractivity contribution in [2.45, 2.75) is 24.2 Å². The Kier molecular flexibility index (Phi) is 5.06. The number of methoxy groups -OCH3 is 1. The Morgan fingerprint density at radius 3 is 2.46 bits per heavy atom. The Bertz CT molecular complexity index is 800. The van der Waals surface area contributed by atoms with Crippen LogP contribution in [0.15, 0.2) is 47.4 Å². The zero-order valence-electron chi connectivity index (χ0n) is 13.6. The molecule has 0 amide bonds. The van der Waals surface area contributed by atoms with Crippen LogP contribution in [0.4, 0.5) is 0 Å². The van der Waals surface area contributed by atoms with Crippen LogP contribution in [0.1, 0.15) is 17.5 Å². The molecule has 3 rings (SSSR count). The number of benzene rings is 2. The van der Waals surface area contributed by atoms with Gasteiger partial charge in [-0.2, -0.15) is 0 Å². The monoisotopic (exact) mass is 347 g/mol. The van der Waals surface area contributed by atoms with E-state index in [1.54, 1.807) is 43.5 Å². The van der Waals surface area contributed by atoms with Crippen molar-refractivity contribution >= 4 is 10.0 Å². The molecule has 0 unspecified atom stereocenters. The van der Waals surface area contributed by atoms with Crippen molar-refractivity contribution in [3.05, 3.63) is 53.6 Å². The predicted octanol–water partition coefficient (Wildman–Crippen LogP) is 2.54. The van der Waals surface area contributed by atoms with E-state index >= 15 is 0 Å². The van der Waals surface area contributed by atoms with Gasteiger partial charge < -0.3 is 9.47 Å². The Labute approximate surface area is 142 Å². The Morgan fingerprint density at radius 1 is 1.00 bits per heavy atom. The standard InChI is InChI=1S/C18H21NO4S/c1-22-16-6-8-17(9-7-16)23-12-11-19-24(20,21)18-10-5-14-3-2-4-15(14)13-18/h5-10,13,19H,2-4,11-12H2,1H3. The van der Waals surface area contributed by atoms with Crippen molar-refractivity contribution < 1.29 is 17.9 Å². The molecule has 0 bridgehead atoms. The van der Waals surface area contributed by atoms with Gasteiger partial charge in [-0.1, -0.05) is 6.07 Å². The van der Waals surface area contributed by atoms with E-state index in [9.17, 15) is 8.42 Å². The van der Waals surface area contributed by atoms with Crippen LogP contribution in [0.3, 0.4) is 0 Å². The molecule has 0 saturated carbocycles. The molecule has 24 heavy (non-hydrogen) atoms. The van der Waals surface area contributed by atoms with E-state index in [-0.39, 0.29) is 13.2 Å². The van der Waals surface area contributed by atoms with Crippen molar-refractivity contribution in [2.24, 2.45) is 0 Å². The van der Waals surface area contributed by atoms with E-state index in [0.29, 0.717) is 10.6 Å². The van der Waals surface area contributed by atoms with Crippen LogP contribution in [-0.4, -0.2) is 28.7 Å². The van der Waals surface area contributed by atoms with E-state index in [1.165, 1.54) is 5.56 Å². The summed E-state index contributed by atoms with van der Waals surface area (Å²) in [6, 6.07) is 12.5. The molecule has 2 aromatic carbocycles. The van der Waals surface area contributed by atoms with Gasteiger partial charge in [0.1, 0.15) is 18.1 Å². The number of rotatable bonds is 7. The fraction of sp³-hybridized carbons (Fsp3) is 0.333. The molecular formula is C18H21NO4S. The van der Waals surface area contributed by atoms with Gasteiger partial charge in [0, 0.05) is 6.54 Å². The van der Waals surface area contributed by atoms with Crippen LogP contribution in [0.2, 0.25) is 0 Å². The zero-order valence-corrected chi connectivity index (χ0v) is 14.4. The summed E-state index contributed by atoms with van der Waals surface area (Å²) in [7, 11) is -1.90. The van der Waals surface area contributed by atoms with Crippen LogP contribution < -0.4 is 14.2 Å². The maximum atomic E-state index is 12.3. The Morgan fingerprint density at radius 2 is 1.71 bits per heavy atom. The Balaban J connectivity index is 1.53. The first-order valence-corrected chi connectivity index (χ1v) is 9.45. The van der Waals surface area contributed by atoms with E-state index in [2.05, 4.69) is 4.72 Å². The van der Waals surface area contributed by atoms with E-state index in [1.807, 2.05) is 6.07 Å². The fourth-order valence-corrected chi connectivity index (χ4v) is 3.88. The molecule has 0 saturated heterocycles. The number of ether oxygens (including phenoxy) is 2. The largest absolute Gasteiger partial charge is 0.497 e. The first kappa shape index (κ1) is 16.8. The maximum absolute atomic E-state index is 12.3. The molecule has 0 radical (unpaired) electrons. The summed E-state index contributed by atoms with van der Waals surface area (Å²) in [5.74, 6) is 1.42. The number of sulfonamides is 1. The van der Waals surface area contributed by atoms with Crippen molar-refractivity contribution in [3.63, 3.8) is 0 Å². The van der Waals surface area contributed by atoms with Crippen molar-refractivity contribution in [2.75, 3.05) is 20.3 Å². The highest BCUT2D eigenvalue weighted by molar-refractivity contribution is 7.89. The minimum atomic E-state index is -3.50. The molecule has 128 valence electrons. The summed E-state index contributed by atoms with van der Waals surface area (Å²) in [6.45, 7) is 0.474. The van der Waals surface area contributed by atoms with Crippen LogP contribution in [0.25, 0.3) is 0 Å². The van der Waals surface area contributed by atoms with Gasteiger partial charge in [0.25, 0.3) is 0 Å². The molecule has 0 heterocycles. The predicted molar refractivity (Wildman–Crippen MR) is 92.1 cm³/mol. The number of nitrogens with one attached hydrogen (secondary N) is 1. The van der Waals surface area contributed by atoms with Crippen LogP contribution >= 0.6 is 0 Å². The molecule has 1 N–H and O–H groups in total. The molecule has 5 nitrogen and oxygen atoms in total. The number of fused-ring (bicyclic) bond motifs is 1. The number of aryl methyl sites for hydroxylation is 2. The van der Waals surface area contributed by atoms with Crippen molar-refractivity contribution in [1.82, 2.24) is 4.72 Å². The first-order chi connectivity index (χ1) is 11.6. The molecule has 0 spiro atoms. The van der Waals surface area contributed by atoms with Gasteiger partial charge >= 0.3 is 0 Å². The average Bonchev–Trinajstić information content (AvgIpc) is 3.07. The lowest BCUT2D eigenvalue weighted by Crippen LogP contribution is -2.28. The second-order valence-corrected chi connectivity index (χ2v) is 7.47. The van der Waals surface area contributed by atoms with Crippen LogP contribution in [0, 0.1) is 0 Å². The van der Waals surface area contributed by atoms with Gasteiger partial charge in [-0.05, 0) is 66.8 Å². The molecule has 0 fully saturated rings. The summed E-state index contributed by atoms with van der Waals surface area (Å²) in [5, 5.41) is 0. The van der Waals surface area contributed by atoms with E-state index in [4.69, 9.17) is 9.47 Å². The number of hydrogen-bond donors (Lipinski definition) is 1. The maximum Gasteiger partial charge on any atom is 0.240 e. The van der Waals surface area contributed by atoms with Gasteiger partial charge in [0.05, 0.1) is 12.0 Å². The third kappa shape index (κ3) is 3.88. The molecule has 0 aromatic heterocycles. The third-order valence-corrected chi connectivity index (χ3v) is 5.56. The molecule has 1 aliphatic carbocycles. The summed E-state index contributed by atoms with van der Waals surface area (Å²) in [5.41, 5.74) is 2.41. The van der Waals surface area contributed by atoms with Gasteiger partial charge in [0.15, 0.2) is 0 Å². The second kappa shape index (κ2) is 7.23. The average molecular weight is 347 g/mol. The van der Waals surface area contributed by atoms with Gasteiger partial charge in [-0.3, -0.25) is 0 Å². The molecule has 6 heteroatoms. The first-order valence-electron chi connectivity index (χ1n) is 7.97. The lowest BCUT2D eigenvalue weighted by atomic mass is 10.1. The molecule has 0 atom stereocenters. The van der Waals surface area contributed by atoms with Gasteiger partial charge in [-0.15, -0.1) is 0 Å². The molecule has 2 aromatic rings. The van der Waals surface area contributed by atoms with Crippen molar-refractivity contribution in [1.29, 1.82) is 0 Å². The summed E-state index contributed by atoms with van der Waals surface area (Å²) in [4.78, 5) is 0.326. The molecule has 1 aliphatic rings. The summed E-state index contributed by atoms with van der Waals surface area (Å²) < 4.78 is 37.9. The normalized spacial score (nSPS) is 13.5. The zero-order chi connectivity index (χ0) is 17.0. The SMILES string of the molecule is COc1ccc(OCCNS(=O)(=O)c2ccc3c(c2)CCC3)cc1. The topological polar surface area (TPSA) is 64.6 Å². The fourth-order valence-electron chi connectivity index (χ4n) is 2.82. The second-order valence-electron chi connectivity index (χ2n) is 5.71. The highest BCUT2D eigenvalue weighted by Crippen LogP contribution is 2.24. The smallest absolute Gasteiger partial charge is 0.240 e. The van der Waals surface area contributed by atoms with E-state index < -0.39 is 10.0 Å². The van der Waals surface area contributed by atoms with Gasteiger partial charge in [0.2, 0.25) is 10.0 Å². The van der Waals surface area contributed by atoms with E-state index in [0.717, 1.165) is 30.6 Å². The molecule has 0 aliphatic heterocycles. The van der Waals surface area contributed by atoms with Gasteiger partial charge in [-0.25, -0.2) is 13.1 Å².